The first-order valence-corrected chi connectivity index (χ1v) is 7.60. The summed E-state index contributed by atoms with van der Waals surface area (Å²) in [7, 11) is 3.83. The van der Waals surface area contributed by atoms with Crippen molar-refractivity contribution in [2.45, 2.75) is 6.54 Å². The van der Waals surface area contributed by atoms with Crippen molar-refractivity contribution in [2.24, 2.45) is 0 Å². The molecule has 0 spiro atoms. The Labute approximate surface area is 139 Å². The first kappa shape index (κ1) is 15.4. The van der Waals surface area contributed by atoms with Crippen molar-refractivity contribution in [1.29, 1.82) is 0 Å². The van der Waals surface area contributed by atoms with E-state index >= 15 is 0 Å². The second kappa shape index (κ2) is 6.30. The van der Waals surface area contributed by atoms with Gasteiger partial charge in [-0.25, -0.2) is 4.52 Å². The van der Waals surface area contributed by atoms with Gasteiger partial charge in [-0.2, -0.15) is 0 Å². The van der Waals surface area contributed by atoms with Crippen molar-refractivity contribution in [3.63, 3.8) is 0 Å². The summed E-state index contributed by atoms with van der Waals surface area (Å²) in [6.45, 7) is 0.457. The summed E-state index contributed by atoms with van der Waals surface area (Å²) >= 11 is 6.11. The van der Waals surface area contributed by atoms with E-state index < -0.39 is 0 Å². The third-order valence-electron chi connectivity index (χ3n) is 3.46. The smallest absolute Gasteiger partial charge is 0.278 e. The molecule has 0 N–H and O–H groups in total. The van der Waals surface area contributed by atoms with Gasteiger partial charge in [-0.15, -0.1) is 5.10 Å². The van der Waals surface area contributed by atoms with Crippen LogP contribution in [0.1, 0.15) is 11.4 Å². The molecule has 0 aliphatic carbocycles. The van der Waals surface area contributed by atoms with Gasteiger partial charge in [-0.1, -0.05) is 41.9 Å². The molecule has 0 radical (unpaired) electrons. The van der Waals surface area contributed by atoms with Gasteiger partial charge in [0.05, 0.1) is 6.54 Å². The van der Waals surface area contributed by atoms with Crippen LogP contribution in [0, 0.1) is 0 Å². The van der Waals surface area contributed by atoms with Crippen LogP contribution in [0.3, 0.4) is 0 Å². The highest BCUT2D eigenvalue weighted by Crippen LogP contribution is 2.13. The Morgan fingerprint density at radius 3 is 2.61 bits per heavy atom. The maximum absolute atomic E-state index is 12.8. The lowest BCUT2D eigenvalue weighted by Crippen LogP contribution is -2.26. The molecular weight excluding hydrogens is 312 g/mol. The van der Waals surface area contributed by atoms with E-state index in [1.807, 2.05) is 55.5 Å². The molecule has 6 heteroatoms. The van der Waals surface area contributed by atoms with Gasteiger partial charge in [-0.3, -0.25) is 9.36 Å². The number of nitrogens with zero attached hydrogens (tertiary/aromatic N) is 4. The summed E-state index contributed by atoms with van der Waals surface area (Å²) < 4.78 is 3.13. The van der Waals surface area contributed by atoms with Crippen LogP contribution in [0.2, 0.25) is 5.15 Å². The van der Waals surface area contributed by atoms with Crippen LogP contribution in [0.25, 0.3) is 11.6 Å². The van der Waals surface area contributed by atoms with Crippen molar-refractivity contribution in [3.05, 3.63) is 75.6 Å². The minimum Gasteiger partial charge on any atom is -0.383 e. The summed E-state index contributed by atoms with van der Waals surface area (Å²) in [4.78, 5) is 14.7. The molecular formula is C17H17ClN4O. The first-order valence-electron chi connectivity index (χ1n) is 7.23. The van der Waals surface area contributed by atoms with E-state index in [1.54, 1.807) is 22.8 Å². The number of hydrogen-bond acceptors (Lipinski definition) is 3. The molecule has 0 fully saturated rings. The number of rotatable bonds is 4. The molecule has 0 saturated carbocycles. The van der Waals surface area contributed by atoms with Crippen molar-refractivity contribution in [2.75, 3.05) is 14.1 Å². The molecule has 3 aromatic rings. The van der Waals surface area contributed by atoms with Crippen LogP contribution < -0.4 is 5.56 Å². The highest BCUT2D eigenvalue weighted by molar-refractivity contribution is 6.29. The van der Waals surface area contributed by atoms with Gasteiger partial charge in [0.1, 0.15) is 10.7 Å². The Kier molecular flexibility index (Phi) is 4.21. The Morgan fingerprint density at radius 1 is 1.17 bits per heavy atom. The normalized spacial score (nSPS) is 11.4. The standard InChI is InChI=1S/C17H17ClN4O/c1-20(2)11-10-16-19-22-14(8-9-15(22)18)17(23)21(16)12-13-6-4-3-5-7-13/h3-11H,12H2,1-2H3. The average Bonchev–Trinajstić information content (AvgIpc) is 2.91. The SMILES string of the molecule is CN(C)C=Cc1nn2c(Cl)ccc2c(=O)n1Cc1ccccc1. The zero-order valence-electron chi connectivity index (χ0n) is 13.0. The quantitative estimate of drug-likeness (QED) is 0.739. The largest absolute Gasteiger partial charge is 0.383 e. The van der Waals surface area contributed by atoms with E-state index in [0.717, 1.165) is 5.56 Å². The van der Waals surface area contributed by atoms with E-state index in [2.05, 4.69) is 5.10 Å². The Morgan fingerprint density at radius 2 is 1.91 bits per heavy atom. The Hall–Kier alpha value is -2.53. The maximum atomic E-state index is 12.8. The lowest BCUT2D eigenvalue weighted by atomic mass is 10.2. The lowest BCUT2D eigenvalue weighted by Gasteiger charge is -2.12. The molecule has 0 aliphatic heterocycles. The Bertz CT molecular complexity index is 909. The zero-order chi connectivity index (χ0) is 16.4. The van der Waals surface area contributed by atoms with Gasteiger partial charge < -0.3 is 4.90 Å². The van der Waals surface area contributed by atoms with Gasteiger partial charge in [-0.05, 0) is 23.8 Å². The summed E-state index contributed by atoms with van der Waals surface area (Å²) in [6.07, 6.45) is 3.66. The fourth-order valence-corrected chi connectivity index (χ4v) is 2.52. The number of hydrogen-bond donors (Lipinski definition) is 0. The van der Waals surface area contributed by atoms with Gasteiger partial charge in [0.15, 0.2) is 5.82 Å². The zero-order valence-corrected chi connectivity index (χ0v) is 13.7. The van der Waals surface area contributed by atoms with Crippen molar-refractivity contribution in [3.8, 4) is 0 Å². The van der Waals surface area contributed by atoms with Crippen molar-refractivity contribution in [1.82, 2.24) is 19.1 Å². The number of aromatic nitrogens is 3. The minimum atomic E-state index is -0.117. The molecule has 3 rings (SSSR count). The fraction of sp³-hybridized carbons (Fsp3) is 0.176. The summed E-state index contributed by atoms with van der Waals surface area (Å²) in [5, 5.41) is 4.92. The van der Waals surface area contributed by atoms with Crippen LogP contribution >= 0.6 is 11.6 Å². The van der Waals surface area contributed by atoms with Crippen LogP contribution in [0.4, 0.5) is 0 Å². The summed E-state index contributed by atoms with van der Waals surface area (Å²) in [5.41, 5.74) is 1.39. The topological polar surface area (TPSA) is 42.5 Å². The summed E-state index contributed by atoms with van der Waals surface area (Å²) in [5.74, 6) is 0.554. The molecule has 5 nitrogen and oxygen atoms in total. The molecule has 0 amide bonds. The predicted molar refractivity (Wildman–Crippen MR) is 92.7 cm³/mol. The van der Waals surface area contributed by atoms with Gasteiger partial charge in [0.2, 0.25) is 0 Å². The van der Waals surface area contributed by atoms with Crippen LogP contribution in [0.5, 0.6) is 0 Å². The maximum Gasteiger partial charge on any atom is 0.278 e. The third kappa shape index (κ3) is 3.14. The van der Waals surface area contributed by atoms with E-state index in [9.17, 15) is 4.79 Å². The second-order valence-corrected chi connectivity index (χ2v) is 5.85. The van der Waals surface area contributed by atoms with Gasteiger partial charge in [0, 0.05) is 20.3 Å². The van der Waals surface area contributed by atoms with Gasteiger partial charge >= 0.3 is 0 Å². The van der Waals surface area contributed by atoms with E-state index in [4.69, 9.17) is 11.6 Å². The fourth-order valence-electron chi connectivity index (χ4n) is 2.32. The highest BCUT2D eigenvalue weighted by Gasteiger charge is 2.12. The molecule has 0 bridgehead atoms. The molecule has 23 heavy (non-hydrogen) atoms. The van der Waals surface area contributed by atoms with Crippen molar-refractivity contribution >= 4 is 23.2 Å². The molecule has 2 heterocycles. The monoisotopic (exact) mass is 328 g/mol. The number of benzene rings is 1. The third-order valence-corrected chi connectivity index (χ3v) is 3.74. The van der Waals surface area contributed by atoms with E-state index in [1.165, 1.54) is 4.52 Å². The first-order chi connectivity index (χ1) is 11.1. The van der Waals surface area contributed by atoms with Crippen LogP contribution in [-0.2, 0) is 6.54 Å². The lowest BCUT2D eigenvalue weighted by molar-refractivity contribution is 0.566. The van der Waals surface area contributed by atoms with Gasteiger partial charge in [0.25, 0.3) is 5.56 Å². The molecule has 0 unspecified atom stereocenters. The Balaban J connectivity index is 2.18. The number of fused-ring (bicyclic) bond motifs is 1. The second-order valence-electron chi connectivity index (χ2n) is 5.47. The molecule has 1 aromatic carbocycles. The minimum absolute atomic E-state index is 0.117. The van der Waals surface area contributed by atoms with E-state index in [-0.39, 0.29) is 5.56 Å². The molecule has 0 atom stereocenters. The summed E-state index contributed by atoms with van der Waals surface area (Å²) in [6, 6.07) is 13.2. The van der Waals surface area contributed by atoms with E-state index in [0.29, 0.717) is 23.0 Å². The average molecular weight is 329 g/mol. The van der Waals surface area contributed by atoms with Crippen LogP contribution in [-0.4, -0.2) is 33.2 Å². The van der Waals surface area contributed by atoms with Crippen molar-refractivity contribution < 1.29 is 0 Å². The number of halogens is 1. The molecule has 2 aromatic heterocycles. The molecule has 0 aliphatic rings. The molecule has 0 saturated heterocycles. The predicted octanol–water partition coefficient (Wildman–Crippen LogP) is 2.73. The van der Waals surface area contributed by atoms with Crippen LogP contribution in [0.15, 0.2) is 53.5 Å². The highest BCUT2D eigenvalue weighted by atomic mass is 35.5. The molecule has 118 valence electrons.